The average Bonchev–Trinajstić information content (AvgIpc) is 2.85. The van der Waals surface area contributed by atoms with E-state index in [1.807, 2.05) is 12.1 Å². The SMILES string of the molecule is CC(C)c1ccc(Oc2nc3ccccn3c2[N+](=O)[O-])cc1. The highest BCUT2D eigenvalue weighted by Gasteiger charge is 2.24. The first-order chi connectivity index (χ1) is 10.6. The third kappa shape index (κ3) is 2.50. The van der Waals surface area contributed by atoms with Crippen LogP contribution in [0.2, 0.25) is 0 Å². The van der Waals surface area contributed by atoms with Crippen molar-refractivity contribution in [3.63, 3.8) is 0 Å². The van der Waals surface area contributed by atoms with E-state index in [1.165, 1.54) is 9.96 Å². The fraction of sp³-hybridized carbons (Fsp3) is 0.188. The van der Waals surface area contributed by atoms with Gasteiger partial charge in [0, 0.05) is 6.07 Å². The van der Waals surface area contributed by atoms with Crippen molar-refractivity contribution in [2.75, 3.05) is 0 Å². The molecule has 2 heterocycles. The van der Waals surface area contributed by atoms with Gasteiger partial charge in [0.2, 0.25) is 5.65 Å². The molecule has 0 saturated carbocycles. The number of fused-ring (bicyclic) bond motifs is 1. The van der Waals surface area contributed by atoms with Gasteiger partial charge in [0.1, 0.15) is 5.75 Å². The van der Waals surface area contributed by atoms with Gasteiger partial charge in [0.15, 0.2) is 0 Å². The van der Waals surface area contributed by atoms with Crippen LogP contribution in [0.1, 0.15) is 25.3 Å². The topological polar surface area (TPSA) is 69.7 Å². The first-order valence-electron chi connectivity index (χ1n) is 6.95. The zero-order chi connectivity index (χ0) is 15.7. The molecular weight excluding hydrogens is 282 g/mol. The lowest BCUT2D eigenvalue weighted by atomic mass is 10.0. The minimum atomic E-state index is -0.488. The Morgan fingerprint density at radius 3 is 2.55 bits per heavy atom. The maximum Gasteiger partial charge on any atom is 0.392 e. The molecule has 22 heavy (non-hydrogen) atoms. The van der Waals surface area contributed by atoms with E-state index < -0.39 is 4.92 Å². The molecule has 0 saturated heterocycles. The minimum Gasteiger partial charge on any atom is -0.433 e. The van der Waals surface area contributed by atoms with Gasteiger partial charge in [-0.1, -0.05) is 32.0 Å². The fourth-order valence-corrected chi connectivity index (χ4v) is 2.23. The number of rotatable bonds is 4. The first-order valence-corrected chi connectivity index (χ1v) is 6.95. The molecule has 0 aliphatic heterocycles. The molecule has 6 nitrogen and oxygen atoms in total. The van der Waals surface area contributed by atoms with Gasteiger partial charge in [-0.15, -0.1) is 0 Å². The quantitative estimate of drug-likeness (QED) is 0.535. The van der Waals surface area contributed by atoms with E-state index in [0.29, 0.717) is 17.3 Å². The average molecular weight is 297 g/mol. The van der Waals surface area contributed by atoms with Crippen molar-refractivity contribution < 1.29 is 9.66 Å². The molecule has 0 atom stereocenters. The number of nitrogens with zero attached hydrogens (tertiary/aromatic N) is 3. The van der Waals surface area contributed by atoms with Crippen molar-refractivity contribution in [2.24, 2.45) is 0 Å². The standard InChI is InChI=1S/C16H15N3O3/c1-11(2)12-6-8-13(9-7-12)22-15-16(19(20)21)18-10-4-3-5-14(18)17-15/h3-11H,1-2H3. The Morgan fingerprint density at radius 2 is 1.91 bits per heavy atom. The van der Waals surface area contributed by atoms with Gasteiger partial charge in [0.25, 0.3) is 0 Å². The number of pyridine rings is 1. The molecule has 112 valence electrons. The van der Waals surface area contributed by atoms with E-state index in [9.17, 15) is 10.1 Å². The highest BCUT2D eigenvalue weighted by atomic mass is 16.6. The zero-order valence-electron chi connectivity index (χ0n) is 12.3. The maximum atomic E-state index is 11.3. The number of benzene rings is 1. The minimum absolute atomic E-state index is 0.00602. The van der Waals surface area contributed by atoms with Gasteiger partial charge in [-0.05, 0) is 34.6 Å². The van der Waals surface area contributed by atoms with E-state index in [-0.39, 0.29) is 11.7 Å². The summed E-state index contributed by atoms with van der Waals surface area (Å²) in [7, 11) is 0. The Kier molecular flexibility index (Phi) is 3.50. The molecule has 0 bridgehead atoms. The lowest BCUT2D eigenvalue weighted by Gasteiger charge is -2.06. The Bertz CT molecular complexity index is 822. The molecule has 0 aliphatic rings. The first kappa shape index (κ1) is 14.1. The van der Waals surface area contributed by atoms with Gasteiger partial charge in [-0.2, -0.15) is 9.38 Å². The summed E-state index contributed by atoms with van der Waals surface area (Å²) in [5.74, 6) is 0.756. The molecule has 0 unspecified atom stereocenters. The molecule has 3 aromatic rings. The van der Waals surface area contributed by atoms with E-state index in [0.717, 1.165) is 0 Å². The Hall–Kier alpha value is -2.89. The van der Waals surface area contributed by atoms with Crippen LogP contribution >= 0.6 is 0 Å². The third-order valence-corrected chi connectivity index (χ3v) is 3.41. The number of imidazole rings is 1. The van der Waals surface area contributed by atoms with E-state index in [1.54, 1.807) is 36.5 Å². The predicted octanol–water partition coefficient (Wildman–Crippen LogP) is 4.16. The third-order valence-electron chi connectivity index (χ3n) is 3.41. The number of hydrogen-bond acceptors (Lipinski definition) is 4. The summed E-state index contributed by atoms with van der Waals surface area (Å²) in [6.07, 6.45) is 1.59. The number of aromatic nitrogens is 2. The maximum absolute atomic E-state index is 11.3. The predicted molar refractivity (Wildman–Crippen MR) is 82.5 cm³/mol. The van der Waals surface area contributed by atoms with Gasteiger partial charge in [-0.3, -0.25) is 0 Å². The lowest BCUT2D eigenvalue weighted by Crippen LogP contribution is -1.96. The van der Waals surface area contributed by atoms with Gasteiger partial charge in [0.05, 0.1) is 6.20 Å². The molecule has 2 aromatic heterocycles. The monoisotopic (exact) mass is 297 g/mol. The molecule has 1 aromatic carbocycles. The molecule has 0 N–H and O–H groups in total. The van der Waals surface area contributed by atoms with Crippen molar-refractivity contribution in [3.05, 3.63) is 64.3 Å². The molecule has 0 fully saturated rings. The van der Waals surface area contributed by atoms with Gasteiger partial charge >= 0.3 is 11.7 Å². The summed E-state index contributed by atoms with van der Waals surface area (Å²) in [5.41, 5.74) is 1.65. The largest absolute Gasteiger partial charge is 0.433 e. The molecule has 0 aliphatic carbocycles. The van der Waals surface area contributed by atoms with Crippen LogP contribution in [-0.2, 0) is 0 Å². The summed E-state index contributed by atoms with van der Waals surface area (Å²) >= 11 is 0. The van der Waals surface area contributed by atoms with Crippen LogP contribution in [0.15, 0.2) is 48.7 Å². The van der Waals surface area contributed by atoms with E-state index >= 15 is 0 Å². The van der Waals surface area contributed by atoms with Crippen LogP contribution in [0.4, 0.5) is 5.82 Å². The van der Waals surface area contributed by atoms with Crippen LogP contribution in [0.3, 0.4) is 0 Å². The smallest absolute Gasteiger partial charge is 0.392 e. The lowest BCUT2D eigenvalue weighted by molar-refractivity contribution is -0.391. The Labute approximate surface area is 127 Å². The molecule has 0 spiro atoms. The number of hydrogen-bond donors (Lipinski definition) is 0. The van der Waals surface area contributed by atoms with Crippen LogP contribution < -0.4 is 4.74 Å². The summed E-state index contributed by atoms with van der Waals surface area (Å²) < 4.78 is 7.02. The van der Waals surface area contributed by atoms with E-state index in [2.05, 4.69) is 18.8 Å². The van der Waals surface area contributed by atoms with Crippen molar-refractivity contribution in [3.8, 4) is 11.6 Å². The molecule has 6 heteroatoms. The van der Waals surface area contributed by atoms with Gasteiger partial charge in [-0.25, -0.2) is 0 Å². The van der Waals surface area contributed by atoms with Crippen LogP contribution in [0, 0.1) is 10.1 Å². The molecule has 0 amide bonds. The molecule has 3 rings (SSSR count). The van der Waals surface area contributed by atoms with E-state index in [4.69, 9.17) is 4.74 Å². The summed E-state index contributed by atoms with van der Waals surface area (Å²) in [6.45, 7) is 4.20. The van der Waals surface area contributed by atoms with Crippen LogP contribution in [0.5, 0.6) is 11.6 Å². The second-order valence-electron chi connectivity index (χ2n) is 5.25. The molecular formula is C16H15N3O3. The van der Waals surface area contributed by atoms with Crippen molar-refractivity contribution >= 4 is 11.5 Å². The van der Waals surface area contributed by atoms with Crippen molar-refractivity contribution in [1.82, 2.24) is 9.38 Å². The fourth-order valence-electron chi connectivity index (χ4n) is 2.23. The Balaban J connectivity index is 1.99. The van der Waals surface area contributed by atoms with Crippen molar-refractivity contribution in [1.29, 1.82) is 0 Å². The number of nitro groups is 1. The Morgan fingerprint density at radius 1 is 1.18 bits per heavy atom. The molecule has 0 radical (unpaired) electrons. The summed E-state index contributed by atoms with van der Waals surface area (Å²) in [6, 6.07) is 12.7. The summed E-state index contributed by atoms with van der Waals surface area (Å²) in [4.78, 5) is 15.0. The van der Waals surface area contributed by atoms with Crippen LogP contribution in [-0.4, -0.2) is 14.3 Å². The second kappa shape index (κ2) is 5.48. The highest BCUT2D eigenvalue weighted by Crippen LogP contribution is 2.32. The summed E-state index contributed by atoms with van der Waals surface area (Å²) in [5, 5.41) is 11.3. The highest BCUT2D eigenvalue weighted by molar-refractivity contribution is 5.53. The second-order valence-corrected chi connectivity index (χ2v) is 5.25. The van der Waals surface area contributed by atoms with Crippen molar-refractivity contribution in [2.45, 2.75) is 19.8 Å². The zero-order valence-corrected chi connectivity index (χ0v) is 12.3. The van der Waals surface area contributed by atoms with Gasteiger partial charge < -0.3 is 14.9 Å². The van der Waals surface area contributed by atoms with Crippen LogP contribution in [0.25, 0.3) is 5.65 Å². The number of ether oxygens (including phenoxy) is 1. The normalized spacial score (nSPS) is 11.0.